The third kappa shape index (κ3) is 4.19. The third-order valence-corrected chi connectivity index (χ3v) is 6.96. The molecule has 5 aromatic rings. The topological polar surface area (TPSA) is 90.2 Å². The quantitative estimate of drug-likeness (QED) is 0.350. The summed E-state index contributed by atoms with van der Waals surface area (Å²) in [6, 6.07) is 9.02. The number of nitrogens with zero attached hydrogens (tertiary/aromatic N) is 7. The molecule has 1 saturated heterocycles. The first kappa shape index (κ1) is 24.4. The van der Waals surface area contributed by atoms with Crippen molar-refractivity contribution in [3.8, 4) is 22.8 Å². The van der Waals surface area contributed by atoms with E-state index >= 15 is 0 Å². The smallest absolute Gasteiger partial charge is 0.326 e. The molecule has 0 saturated carbocycles. The number of likely N-dealkylation sites (tertiary alicyclic amines) is 1. The zero-order chi connectivity index (χ0) is 26.8. The minimum atomic E-state index is -4.49. The number of aryl methyl sites for hydroxylation is 2. The molecule has 2 N–H and O–H groups in total. The molecule has 2 unspecified atom stereocenters. The molecule has 6 rings (SSSR count). The van der Waals surface area contributed by atoms with Crippen LogP contribution in [0.1, 0.15) is 23.7 Å². The highest BCUT2D eigenvalue weighted by Crippen LogP contribution is 2.39. The summed E-state index contributed by atoms with van der Waals surface area (Å²) in [6.07, 6.45) is -2.57. The van der Waals surface area contributed by atoms with E-state index in [4.69, 9.17) is 5.73 Å². The first-order chi connectivity index (χ1) is 18.1. The molecule has 196 valence electrons. The molecule has 4 aromatic heterocycles. The summed E-state index contributed by atoms with van der Waals surface area (Å²) >= 11 is 0. The molecule has 1 fully saturated rings. The van der Waals surface area contributed by atoms with Gasteiger partial charge in [0.2, 0.25) is 0 Å². The van der Waals surface area contributed by atoms with Crippen molar-refractivity contribution in [1.29, 1.82) is 0 Å². The molecule has 1 aromatic carbocycles. The van der Waals surface area contributed by atoms with Crippen molar-refractivity contribution in [3.05, 3.63) is 65.7 Å². The number of alkyl halides is 3. The van der Waals surface area contributed by atoms with Crippen LogP contribution in [-0.2, 0) is 7.05 Å². The predicted molar refractivity (Wildman–Crippen MR) is 134 cm³/mol. The van der Waals surface area contributed by atoms with Crippen LogP contribution in [0.2, 0.25) is 0 Å². The van der Waals surface area contributed by atoms with Crippen LogP contribution in [0.15, 0.2) is 48.7 Å². The van der Waals surface area contributed by atoms with Gasteiger partial charge in [0.25, 0.3) is 0 Å². The fourth-order valence-corrected chi connectivity index (χ4v) is 5.23. The minimum Gasteiger partial charge on any atom is -0.326 e. The first-order valence-electron chi connectivity index (χ1n) is 12.1. The van der Waals surface area contributed by atoms with Gasteiger partial charge in [-0.2, -0.15) is 18.3 Å². The van der Waals surface area contributed by atoms with Gasteiger partial charge in [-0.3, -0.25) is 14.0 Å². The number of hydrogen-bond acceptors (Lipinski definition) is 6. The second-order valence-electron chi connectivity index (χ2n) is 9.72. The summed E-state index contributed by atoms with van der Waals surface area (Å²) in [5.41, 5.74) is 8.95. The molecule has 1 aliphatic heterocycles. The Morgan fingerprint density at radius 2 is 1.89 bits per heavy atom. The number of rotatable bonds is 4. The number of fused-ring (bicyclic) bond motifs is 2. The Labute approximate surface area is 214 Å². The third-order valence-electron chi connectivity index (χ3n) is 6.96. The van der Waals surface area contributed by atoms with Crippen LogP contribution in [-0.4, -0.2) is 59.6 Å². The van der Waals surface area contributed by atoms with Crippen molar-refractivity contribution in [2.24, 2.45) is 12.8 Å². The predicted octanol–water partition coefficient (Wildman–Crippen LogP) is 4.43. The number of aromatic nitrogens is 6. The van der Waals surface area contributed by atoms with Crippen LogP contribution in [0, 0.1) is 12.7 Å². The van der Waals surface area contributed by atoms with E-state index in [0.717, 1.165) is 5.69 Å². The van der Waals surface area contributed by atoms with Gasteiger partial charge >= 0.3 is 6.18 Å². The molecule has 2 atom stereocenters. The Hall–Kier alpha value is -3.90. The average molecular weight is 525 g/mol. The number of pyridine rings is 2. The highest BCUT2D eigenvalue weighted by molar-refractivity contribution is 5.85. The van der Waals surface area contributed by atoms with Gasteiger partial charge in [0.1, 0.15) is 17.6 Å². The van der Waals surface area contributed by atoms with E-state index in [1.54, 1.807) is 36.0 Å². The molecule has 0 amide bonds. The fraction of sp³-hybridized carbons (Fsp3) is 0.308. The van der Waals surface area contributed by atoms with Gasteiger partial charge in [0, 0.05) is 43.3 Å². The Morgan fingerprint density at radius 1 is 1.08 bits per heavy atom. The second kappa shape index (κ2) is 8.84. The zero-order valence-corrected chi connectivity index (χ0v) is 20.6. The molecule has 5 heterocycles. The average Bonchev–Trinajstić information content (AvgIpc) is 3.55. The van der Waals surface area contributed by atoms with E-state index in [2.05, 4.69) is 20.3 Å². The standard InChI is InChI=1S/C26H24F4N8/c1-14-9-22(36(2)35-14)18-11-21-15(10-19(18)27)3-5-20(32-21)25-34-33-23-6-4-16(12-38(23)25)24(26(28,29)30)37-8-7-17(31)13-37/h3-6,9-12,17,24H,7-8,13,31H2,1-2H3. The molecule has 38 heavy (non-hydrogen) atoms. The van der Waals surface area contributed by atoms with Crippen molar-refractivity contribution in [1.82, 2.24) is 34.3 Å². The van der Waals surface area contributed by atoms with Gasteiger partial charge in [-0.05, 0) is 49.2 Å². The Bertz CT molecular complexity index is 1670. The van der Waals surface area contributed by atoms with Crippen molar-refractivity contribution in [3.63, 3.8) is 0 Å². The Kier molecular flexibility index (Phi) is 5.69. The van der Waals surface area contributed by atoms with Crippen LogP contribution >= 0.6 is 0 Å². The van der Waals surface area contributed by atoms with Crippen LogP contribution in [0.25, 0.3) is 39.3 Å². The maximum Gasteiger partial charge on any atom is 0.408 e. The Morgan fingerprint density at radius 3 is 2.58 bits per heavy atom. The van der Waals surface area contributed by atoms with Crippen molar-refractivity contribution < 1.29 is 17.6 Å². The van der Waals surface area contributed by atoms with Gasteiger partial charge in [0.05, 0.1) is 16.9 Å². The summed E-state index contributed by atoms with van der Waals surface area (Å²) in [7, 11) is 1.74. The number of nitrogens with two attached hydrogens (primary N) is 1. The van der Waals surface area contributed by atoms with Gasteiger partial charge < -0.3 is 5.73 Å². The second-order valence-corrected chi connectivity index (χ2v) is 9.72. The molecule has 0 spiro atoms. The lowest BCUT2D eigenvalue weighted by atomic mass is 10.1. The highest BCUT2D eigenvalue weighted by Gasteiger charge is 2.46. The molecule has 12 heteroatoms. The molecule has 1 aliphatic rings. The number of benzene rings is 1. The normalized spacial score (nSPS) is 17.6. The van der Waals surface area contributed by atoms with Crippen LogP contribution in [0.5, 0.6) is 0 Å². The van der Waals surface area contributed by atoms with Crippen molar-refractivity contribution in [2.45, 2.75) is 31.6 Å². The summed E-state index contributed by atoms with van der Waals surface area (Å²) in [6.45, 7) is 2.25. The van der Waals surface area contributed by atoms with E-state index in [1.807, 2.05) is 6.92 Å². The lowest BCUT2D eigenvalue weighted by molar-refractivity contribution is -0.183. The lowest BCUT2D eigenvalue weighted by Crippen LogP contribution is -2.38. The van der Waals surface area contributed by atoms with Crippen molar-refractivity contribution in [2.75, 3.05) is 13.1 Å². The maximum atomic E-state index is 14.9. The molecule has 0 radical (unpaired) electrons. The van der Waals surface area contributed by atoms with Crippen molar-refractivity contribution >= 4 is 16.6 Å². The fourth-order valence-electron chi connectivity index (χ4n) is 5.23. The lowest BCUT2D eigenvalue weighted by Gasteiger charge is -2.30. The zero-order valence-electron chi connectivity index (χ0n) is 20.6. The SMILES string of the molecule is Cc1cc(-c2cc3nc(-c4nnc5ccc(C(N6CCC(N)C6)C(F)(F)F)cn45)ccc3cc2F)n(C)n1. The van der Waals surface area contributed by atoms with Crippen LogP contribution in [0.3, 0.4) is 0 Å². The number of hydrogen-bond donors (Lipinski definition) is 1. The van der Waals surface area contributed by atoms with E-state index < -0.39 is 18.0 Å². The van der Waals surface area contributed by atoms with E-state index in [0.29, 0.717) is 39.9 Å². The molecular formula is C26H24F4N8. The van der Waals surface area contributed by atoms with Crippen LogP contribution < -0.4 is 5.73 Å². The van der Waals surface area contributed by atoms with Crippen LogP contribution in [0.4, 0.5) is 17.6 Å². The summed E-state index contributed by atoms with van der Waals surface area (Å²) in [4.78, 5) is 6.03. The summed E-state index contributed by atoms with van der Waals surface area (Å²) in [5.74, 6) is -0.127. The largest absolute Gasteiger partial charge is 0.408 e. The van der Waals surface area contributed by atoms with E-state index in [-0.39, 0.29) is 30.5 Å². The summed E-state index contributed by atoms with van der Waals surface area (Å²) in [5, 5.41) is 13.2. The monoisotopic (exact) mass is 524 g/mol. The number of halogens is 4. The van der Waals surface area contributed by atoms with Gasteiger partial charge in [-0.1, -0.05) is 12.1 Å². The molecule has 0 bridgehead atoms. The van der Waals surface area contributed by atoms with E-state index in [1.165, 1.54) is 33.7 Å². The maximum absolute atomic E-state index is 14.9. The van der Waals surface area contributed by atoms with E-state index in [9.17, 15) is 17.6 Å². The molecule has 0 aliphatic carbocycles. The van der Waals surface area contributed by atoms with Gasteiger partial charge in [0.15, 0.2) is 11.5 Å². The van der Waals surface area contributed by atoms with Gasteiger partial charge in [-0.15, -0.1) is 10.2 Å². The molecular weight excluding hydrogens is 500 g/mol. The minimum absolute atomic E-state index is 0.0666. The highest BCUT2D eigenvalue weighted by atomic mass is 19.4. The Balaban J connectivity index is 1.45. The first-order valence-corrected chi connectivity index (χ1v) is 12.1. The molecule has 8 nitrogen and oxygen atoms in total. The van der Waals surface area contributed by atoms with Gasteiger partial charge in [-0.25, -0.2) is 9.37 Å². The summed E-state index contributed by atoms with van der Waals surface area (Å²) < 4.78 is 60.6.